The Labute approximate surface area is 118 Å². The van der Waals surface area contributed by atoms with Crippen molar-refractivity contribution >= 4 is 5.69 Å². The Kier molecular flexibility index (Phi) is 4.13. The fourth-order valence-corrected chi connectivity index (χ4v) is 1.83. The molecular weight excluding hydrogens is 284 g/mol. The van der Waals surface area contributed by atoms with Crippen molar-refractivity contribution in [2.75, 3.05) is 5.32 Å². The molecule has 2 aromatic rings. The molecular formula is C15H10F4N2. The van der Waals surface area contributed by atoms with Crippen LogP contribution in [0, 0.1) is 17.1 Å². The highest BCUT2D eigenvalue weighted by Gasteiger charge is 2.34. The minimum absolute atomic E-state index is 0.0576. The van der Waals surface area contributed by atoms with E-state index in [1.165, 1.54) is 6.07 Å². The lowest BCUT2D eigenvalue weighted by atomic mass is 10.1. The number of para-hydroxylation sites is 1. The number of nitriles is 1. The highest BCUT2D eigenvalue weighted by atomic mass is 19.4. The summed E-state index contributed by atoms with van der Waals surface area (Å²) < 4.78 is 51.0. The average molecular weight is 294 g/mol. The summed E-state index contributed by atoms with van der Waals surface area (Å²) in [7, 11) is 0. The normalized spacial score (nSPS) is 11.0. The van der Waals surface area contributed by atoms with Gasteiger partial charge in [-0.3, -0.25) is 0 Å². The van der Waals surface area contributed by atoms with Crippen LogP contribution in [0.3, 0.4) is 0 Å². The van der Waals surface area contributed by atoms with Crippen LogP contribution in [0.5, 0.6) is 0 Å². The Morgan fingerprint density at radius 1 is 1.10 bits per heavy atom. The van der Waals surface area contributed by atoms with E-state index in [4.69, 9.17) is 5.26 Å². The van der Waals surface area contributed by atoms with E-state index in [0.29, 0.717) is 11.3 Å². The van der Waals surface area contributed by atoms with Crippen molar-refractivity contribution in [1.29, 1.82) is 5.26 Å². The van der Waals surface area contributed by atoms with Crippen LogP contribution in [0.1, 0.15) is 16.7 Å². The van der Waals surface area contributed by atoms with Crippen LogP contribution in [0.25, 0.3) is 0 Å². The predicted octanol–water partition coefficient (Wildman–Crippen LogP) is 4.33. The van der Waals surface area contributed by atoms with Crippen molar-refractivity contribution in [3.63, 3.8) is 0 Å². The van der Waals surface area contributed by atoms with Gasteiger partial charge in [0.2, 0.25) is 0 Å². The molecule has 108 valence electrons. The predicted molar refractivity (Wildman–Crippen MR) is 69.9 cm³/mol. The van der Waals surface area contributed by atoms with Gasteiger partial charge in [-0.1, -0.05) is 18.2 Å². The summed E-state index contributed by atoms with van der Waals surface area (Å²) in [4.78, 5) is 0. The van der Waals surface area contributed by atoms with Crippen LogP contribution in [0.4, 0.5) is 23.2 Å². The zero-order valence-corrected chi connectivity index (χ0v) is 10.7. The third-order valence-corrected chi connectivity index (χ3v) is 2.87. The van der Waals surface area contributed by atoms with Crippen LogP contribution in [0.2, 0.25) is 0 Å². The highest BCUT2D eigenvalue weighted by molar-refractivity contribution is 5.57. The van der Waals surface area contributed by atoms with Crippen LogP contribution in [0.15, 0.2) is 42.5 Å². The van der Waals surface area contributed by atoms with Crippen molar-refractivity contribution in [1.82, 2.24) is 0 Å². The molecule has 0 spiro atoms. The van der Waals surface area contributed by atoms with Crippen molar-refractivity contribution in [3.8, 4) is 6.07 Å². The average Bonchev–Trinajstić information content (AvgIpc) is 2.45. The largest absolute Gasteiger partial charge is 0.419 e. The maximum Gasteiger partial charge on any atom is 0.419 e. The molecule has 0 saturated carbocycles. The zero-order chi connectivity index (χ0) is 15.5. The van der Waals surface area contributed by atoms with E-state index in [0.717, 1.165) is 12.1 Å². The Hall–Kier alpha value is -2.55. The number of hydrogen-bond donors (Lipinski definition) is 1. The van der Waals surface area contributed by atoms with Crippen molar-refractivity contribution in [3.05, 3.63) is 65.0 Å². The molecule has 0 radical (unpaired) electrons. The Morgan fingerprint density at radius 3 is 2.48 bits per heavy atom. The molecule has 1 N–H and O–H groups in total. The number of alkyl halides is 3. The van der Waals surface area contributed by atoms with Gasteiger partial charge in [0, 0.05) is 6.54 Å². The SMILES string of the molecule is N#Cc1ccccc1NCc1ccc(F)c(C(F)(F)F)c1. The molecule has 0 saturated heterocycles. The maximum absolute atomic E-state index is 13.2. The maximum atomic E-state index is 13.2. The first-order chi connectivity index (χ1) is 9.91. The molecule has 0 aliphatic carbocycles. The molecule has 0 amide bonds. The van der Waals surface area contributed by atoms with Gasteiger partial charge >= 0.3 is 6.18 Å². The lowest BCUT2D eigenvalue weighted by Gasteiger charge is -2.12. The standard InChI is InChI=1S/C15H10F4N2/c16-13-6-5-10(7-12(13)15(17,18)19)9-21-14-4-2-1-3-11(14)8-20/h1-7,21H,9H2. The number of benzene rings is 2. The van der Waals surface area contributed by atoms with Gasteiger partial charge in [0.05, 0.1) is 16.8 Å². The van der Waals surface area contributed by atoms with E-state index in [-0.39, 0.29) is 12.1 Å². The van der Waals surface area contributed by atoms with E-state index in [2.05, 4.69) is 5.32 Å². The number of hydrogen-bond acceptors (Lipinski definition) is 2. The van der Waals surface area contributed by atoms with Crippen LogP contribution >= 0.6 is 0 Å². The minimum Gasteiger partial charge on any atom is -0.380 e. The minimum atomic E-state index is -4.73. The van der Waals surface area contributed by atoms with E-state index in [1.54, 1.807) is 24.3 Å². The number of halogens is 4. The molecule has 2 aromatic carbocycles. The summed E-state index contributed by atoms with van der Waals surface area (Å²) in [6.07, 6.45) is -4.73. The second-order valence-corrected chi connectivity index (χ2v) is 4.32. The van der Waals surface area contributed by atoms with E-state index >= 15 is 0 Å². The van der Waals surface area contributed by atoms with Gasteiger partial charge in [-0.2, -0.15) is 18.4 Å². The third kappa shape index (κ3) is 3.51. The van der Waals surface area contributed by atoms with Gasteiger partial charge < -0.3 is 5.32 Å². The molecule has 2 nitrogen and oxygen atoms in total. The molecule has 0 aliphatic rings. The van der Waals surface area contributed by atoms with Crippen LogP contribution in [-0.2, 0) is 12.7 Å². The van der Waals surface area contributed by atoms with Gasteiger partial charge in [-0.15, -0.1) is 0 Å². The molecule has 21 heavy (non-hydrogen) atoms. The molecule has 2 rings (SSSR count). The van der Waals surface area contributed by atoms with Crippen molar-refractivity contribution in [2.24, 2.45) is 0 Å². The first-order valence-electron chi connectivity index (χ1n) is 6.00. The lowest BCUT2D eigenvalue weighted by Crippen LogP contribution is -2.10. The Morgan fingerprint density at radius 2 is 1.81 bits per heavy atom. The quantitative estimate of drug-likeness (QED) is 0.855. The molecule has 0 aromatic heterocycles. The number of rotatable bonds is 3. The van der Waals surface area contributed by atoms with E-state index in [1.807, 2.05) is 6.07 Å². The summed E-state index contributed by atoms with van der Waals surface area (Å²) >= 11 is 0. The summed E-state index contributed by atoms with van der Waals surface area (Å²) in [6, 6.07) is 11.4. The molecule has 0 unspecified atom stereocenters. The molecule has 0 aliphatic heterocycles. The Balaban J connectivity index is 2.20. The van der Waals surface area contributed by atoms with Gasteiger partial charge in [-0.05, 0) is 29.8 Å². The summed E-state index contributed by atoms with van der Waals surface area (Å²) in [5.74, 6) is -1.30. The molecule has 0 fully saturated rings. The van der Waals surface area contributed by atoms with Crippen molar-refractivity contribution in [2.45, 2.75) is 12.7 Å². The molecule has 0 heterocycles. The smallest absolute Gasteiger partial charge is 0.380 e. The van der Waals surface area contributed by atoms with E-state index in [9.17, 15) is 17.6 Å². The topological polar surface area (TPSA) is 35.8 Å². The zero-order valence-electron chi connectivity index (χ0n) is 10.7. The molecule has 6 heteroatoms. The second-order valence-electron chi connectivity index (χ2n) is 4.32. The first-order valence-corrected chi connectivity index (χ1v) is 6.00. The van der Waals surface area contributed by atoms with E-state index < -0.39 is 17.6 Å². The summed E-state index contributed by atoms with van der Waals surface area (Å²) in [5, 5.41) is 11.8. The van der Waals surface area contributed by atoms with Crippen LogP contribution in [-0.4, -0.2) is 0 Å². The third-order valence-electron chi connectivity index (χ3n) is 2.87. The number of anilines is 1. The first kappa shape index (κ1) is 14.9. The van der Waals surface area contributed by atoms with Gasteiger partial charge in [0.1, 0.15) is 11.9 Å². The van der Waals surface area contributed by atoms with Crippen LogP contribution < -0.4 is 5.32 Å². The molecule has 0 bridgehead atoms. The fraction of sp³-hybridized carbons (Fsp3) is 0.133. The Bertz CT molecular complexity index is 687. The lowest BCUT2D eigenvalue weighted by molar-refractivity contribution is -0.140. The second kappa shape index (κ2) is 5.83. The number of nitrogens with zero attached hydrogens (tertiary/aromatic N) is 1. The van der Waals surface area contributed by atoms with Gasteiger partial charge in [0.25, 0.3) is 0 Å². The summed E-state index contributed by atoms with van der Waals surface area (Å²) in [5.41, 5.74) is -0.125. The van der Waals surface area contributed by atoms with Gasteiger partial charge in [0.15, 0.2) is 0 Å². The molecule has 0 atom stereocenters. The van der Waals surface area contributed by atoms with Gasteiger partial charge in [-0.25, -0.2) is 4.39 Å². The highest BCUT2D eigenvalue weighted by Crippen LogP contribution is 2.32. The number of nitrogens with one attached hydrogen (secondary N) is 1. The monoisotopic (exact) mass is 294 g/mol. The fourth-order valence-electron chi connectivity index (χ4n) is 1.83. The summed E-state index contributed by atoms with van der Waals surface area (Å²) in [6.45, 7) is 0.0576. The van der Waals surface area contributed by atoms with Crippen molar-refractivity contribution < 1.29 is 17.6 Å².